The van der Waals surface area contributed by atoms with Crippen LogP contribution in [0.5, 0.6) is 11.5 Å². The van der Waals surface area contributed by atoms with Gasteiger partial charge in [0.2, 0.25) is 0 Å². The van der Waals surface area contributed by atoms with Crippen LogP contribution in [0.4, 0.5) is 17.1 Å². The number of rotatable bonds is 4. The molecular formula is C37H24BN3O. The molecule has 0 saturated heterocycles. The topological polar surface area (TPSA) is 30.3 Å². The summed E-state index contributed by atoms with van der Waals surface area (Å²) in [5.74, 6) is 0.380. The van der Waals surface area contributed by atoms with E-state index in [1.54, 1.807) is 6.07 Å². The number of ether oxygens (including phenoxy) is 1. The van der Waals surface area contributed by atoms with Crippen molar-refractivity contribution in [3.63, 3.8) is 0 Å². The number of hydrogen-bond donors (Lipinski definition) is 0. The average molecular weight is 552 g/mol. The van der Waals surface area contributed by atoms with Crippen LogP contribution >= 0.6 is 0 Å². The molecule has 42 heavy (non-hydrogen) atoms. The first kappa shape index (κ1) is 13.4. The Morgan fingerprint density at radius 2 is 1.38 bits per heavy atom. The second-order valence-corrected chi connectivity index (χ2v) is 9.79. The number of benzene rings is 6. The minimum atomic E-state index is -0.828. The van der Waals surface area contributed by atoms with Crippen LogP contribution in [0.15, 0.2) is 145 Å². The molecule has 0 aliphatic carbocycles. The van der Waals surface area contributed by atoms with Gasteiger partial charge in [0.15, 0.2) is 0 Å². The molecule has 3 heterocycles. The maximum atomic E-state index is 9.05. The third-order valence-electron chi connectivity index (χ3n) is 7.55. The summed E-state index contributed by atoms with van der Waals surface area (Å²) in [5, 5.41) is 0. The monoisotopic (exact) mass is 551 g/mol. The lowest BCUT2D eigenvalue weighted by molar-refractivity contribution is 0.487. The molecule has 0 amide bonds. The molecule has 4 nitrogen and oxygen atoms in total. The van der Waals surface area contributed by atoms with Crippen molar-refractivity contribution in [3.05, 3.63) is 145 Å². The molecule has 0 fully saturated rings. The first-order valence-electron chi connectivity index (χ1n) is 20.1. The van der Waals surface area contributed by atoms with Crippen molar-refractivity contribution in [3.8, 4) is 28.6 Å². The molecule has 0 N–H and O–H groups in total. The van der Waals surface area contributed by atoms with Crippen LogP contribution in [0, 0.1) is 0 Å². The Morgan fingerprint density at radius 3 is 2.14 bits per heavy atom. The lowest BCUT2D eigenvalue weighted by Crippen LogP contribution is -2.58. The Labute approximate surface area is 263 Å². The number of anilines is 3. The van der Waals surface area contributed by atoms with Crippen molar-refractivity contribution in [1.29, 1.82) is 0 Å². The zero-order valence-corrected chi connectivity index (χ0v) is 21.6. The van der Waals surface area contributed by atoms with Crippen molar-refractivity contribution in [2.45, 2.75) is 0 Å². The molecule has 196 valence electrons. The van der Waals surface area contributed by atoms with Crippen molar-refractivity contribution >= 4 is 51.2 Å². The highest BCUT2D eigenvalue weighted by Crippen LogP contribution is 2.41. The van der Waals surface area contributed by atoms with Gasteiger partial charge in [0.05, 0.1) is 35.9 Å². The van der Waals surface area contributed by atoms with E-state index in [1.165, 1.54) is 6.07 Å². The Hall–Kier alpha value is -5.55. The Balaban J connectivity index is 1.48. The van der Waals surface area contributed by atoms with Gasteiger partial charge in [-0.3, -0.25) is 4.57 Å². The van der Waals surface area contributed by atoms with Gasteiger partial charge >= 0.3 is 0 Å². The van der Waals surface area contributed by atoms with Crippen LogP contribution in [-0.2, 0) is 0 Å². The fraction of sp³-hybridized carbons (Fsp3) is 0. The maximum Gasteiger partial charge on any atom is 0.256 e. The van der Waals surface area contributed by atoms with E-state index in [-0.39, 0.29) is 28.7 Å². The molecule has 5 heteroatoms. The van der Waals surface area contributed by atoms with Crippen LogP contribution in [-0.4, -0.2) is 16.3 Å². The Morgan fingerprint density at radius 1 is 0.667 bits per heavy atom. The zero-order chi connectivity index (χ0) is 39.8. The molecule has 0 spiro atoms. The fourth-order valence-electron chi connectivity index (χ4n) is 5.93. The van der Waals surface area contributed by atoms with Crippen molar-refractivity contribution in [2.24, 2.45) is 0 Å². The summed E-state index contributed by atoms with van der Waals surface area (Å²) in [6.45, 7) is -0.828. The quantitative estimate of drug-likeness (QED) is 0.219. The van der Waals surface area contributed by atoms with E-state index in [9.17, 15) is 0 Å². The van der Waals surface area contributed by atoms with Crippen LogP contribution < -0.4 is 26.0 Å². The molecule has 0 radical (unpaired) electrons. The lowest BCUT2D eigenvalue weighted by Gasteiger charge is -2.35. The third-order valence-corrected chi connectivity index (χ3v) is 7.55. The summed E-state index contributed by atoms with van der Waals surface area (Å²) in [7, 11) is 0. The van der Waals surface area contributed by atoms with E-state index in [0.29, 0.717) is 39.0 Å². The molecule has 7 aromatic rings. The van der Waals surface area contributed by atoms with E-state index in [1.807, 2.05) is 53.1 Å². The molecule has 2 aliphatic heterocycles. The van der Waals surface area contributed by atoms with Gasteiger partial charge in [0, 0.05) is 28.7 Å². The van der Waals surface area contributed by atoms with Gasteiger partial charge in [-0.1, -0.05) is 96.8 Å². The third kappa shape index (κ3) is 3.34. The molecule has 1 aromatic heterocycles. The standard InChI is InChI=1S/C37H24BN3O/c1-4-13-25(14-5-1)37-39-31-21-12-20-30-36(31)41(37)32-23-28(24-34-35(32)38(30)29-19-10-11-22-33(29)42-34)40(26-15-6-2-7-16-26)27-17-8-3-9-18-27/h1-24H/i2D,3D,6D,7D,8D,9D,10D,11D,15D,16D,17D,18D,19D,22D. The van der Waals surface area contributed by atoms with Crippen LogP contribution in [0.3, 0.4) is 0 Å². The maximum absolute atomic E-state index is 9.05. The molecule has 9 rings (SSSR count). The van der Waals surface area contributed by atoms with Gasteiger partial charge in [0.1, 0.15) is 17.3 Å². The summed E-state index contributed by atoms with van der Waals surface area (Å²) < 4.78 is 130. The number of fused-ring (bicyclic) bond motifs is 4. The summed E-state index contributed by atoms with van der Waals surface area (Å²) in [4.78, 5) is 6.04. The van der Waals surface area contributed by atoms with E-state index in [2.05, 4.69) is 0 Å². The molecular weight excluding hydrogens is 513 g/mol. The summed E-state index contributed by atoms with van der Waals surface area (Å²) in [6, 6.07) is 8.82. The molecule has 0 atom stereocenters. The van der Waals surface area contributed by atoms with Gasteiger partial charge in [0.25, 0.3) is 6.71 Å². The van der Waals surface area contributed by atoms with Crippen LogP contribution in [0.1, 0.15) is 19.2 Å². The van der Waals surface area contributed by atoms with Gasteiger partial charge < -0.3 is 9.64 Å². The summed E-state index contributed by atoms with van der Waals surface area (Å²) >= 11 is 0. The number of aromatic nitrogens is 2. The molecule has 2 aliphatic rings. The highest BCUT2D eigenvalue weighted by atomic mass is 16.5. The highest BCUT2D eigenvalue weighted by molar-refractivity contribution is 6.99. The molecule has 0 saturated carbocycles. The zero-order valence-electron chi connectivity index (χ0n) is 35.6. The first-order valence-corrected chi connectivity index (χ1v) is 13.1. The van der Waals surface area contributed by atoms with Crippen molar-refractivity contribution in [2.75, 3.05) is 4.90 Å². The first-order chi connectivity index (χ1) is 26.6. The lowest BCUT2D eigenvalue weighted by atomic mass is 9.34. The highest BCUT2D eigenvalue weighted by Gasteiger charge is 2.41. The minimum Gasteiger partial charge on any atom is -0.458 e. The molecule has 0 bridgehead atoms. The van der Waals surface area contributed by atoms with Crippen molar-refractivity contribution < 1.29 is 23.9 Å². The van der Waals surface area contributed by atoms with Crippen LogP contribution in [0.25, 0.3) is 28.1 Å². The predicted molar refractivity (Wildman–Crippen MR) is 172 cm³/mol. The molecule has 6 aromatic carbocycles. The minimum absolute atomic E-state index is 0.0425. The number of para-hydroxylation sites is 4. The van der Waals surface area contributed by atoms with Gasteiger partial charge in [-0.2, -0.15) is 0 Å². The second kappa shape index (κ2) is 8.98. The Bertz CT molecular complexity index is 2790. The number of hydrogen-bond acceptors (Lipinski definition) is 3. The number of imidazole rings is 1. The van der Waals surface area contributed by atoms with E-state index in [0.717, 1.165) is 4.90 Å². The average Bonchev–Trinajstić information content (AvgIpc) is 3.61. The largest absolute Gasteiger partial charge is 0.458 e. The van der Waals surface area contributed by atoms with E-state index in [4.69, 9.17) is 28.9 Å². The SMILES string of the molecule is [2H]c1c([2H])c([2H])c(N(c2cc3c4c(c2)-n2c(-c5ccccc5)nc5cccc(c52)B4c2c([2H])c([2H])c([2H])c([2H])c2O3)c2c([2H])c([2H])c([2H])c([2H])c2[2H])c([2H])c1[2H]. The second-order valence-electron chi connectivity index (χ2n) is 9.79. The van der Waals surface area contributed by atoms with Gasteiger partial charge in [-0.25, -0.2) is 4.98 Å². The summed E-state index contributed by atoms with van der Waals surface area (Å²) in [6.07, 6.45) is 0. The Kier molecular flexibility index (Phi) is 2.87. The normalized spacial score (nSPS) is 17.1. The molecule has 0 unspecified atom stereocenters. The fourth-order valence-corrected chi connectivity index (χ4v) is 5.93. The van der Waals surface area contributed by atoms with E-state index < -0.39 is 96.6 Å². The number of nitrogens with zero attached hydrogens (tertiary/aromatic N) is 3. The van der Waals surface area contributed by atoms with Crippen LogP contribution in [0.2, 0.25) is 0 Å². The van der Waals surface area contributed by atoms with Gasteiger partial charge in [-0.15, -0.1) is 0 Å². The summed E-state index contributed by atoms with van der Waals surface area (Å²) in [5.41, 5.74) is 2.49. The van der Waals surface area contributed by atoms with E-state index >= 15 is 0 Å². The van der Waals surface area contributed by atoms with Gasteiger partial charge in [-0.05, 0) is 58.7 Å². The smallest absolute Gasteiger partial charge is 0.256 e. The predicted octanol–water partition coefficient (Wildman–Crippen LogP) is 7.10. The van der Waals surface area contributed by atoms with Crippen molar-refractivity contribution in [1.82, 2.24) is 9.55 Å².